The first-order valence-corrected chi connectivity index (χ1v) is 8.47. The summed E-state index contributed by atoms with van der Waals surface area (Å²) in [6.07, 6.45) is 1.45. The minimum absolute atomic E-state index is 0.0740. The van der Waals surface area contributed by atoms with E-state index in [-0.39, 0.29) is 12.2 Å². The fraction of sp³-hybridized carbons (Fsp3) is 0.150. The lowest BCUT2D eigenvalue weighted by atomic mass is 10.1. The highest BCUT2D eigenvalue weighted by Crippen LogP contribution is 2.21. The number of nitriles is 1. The summed E-state index contributed by atoms with van der Waals surface area (Å²) in [5.41, 5.74) is 0.979. The molecular formula is C20H17ClN2O4. The minimum Gasteiger partial charge on any atom is -0.482 e. The van der Waals surface area contributed by atoms with E-state index in [2.05, 4.69) is 5.32 Å². The fourth-order valence-electron chi connectivity index (χ4n) is 2.07. The van der Waals surface area contributed by atoms with Gasteiger partial charge in [-0.1, -0.05) is 35.9 Å². The molecule has 0 unspecified atom stereocenters. The SMILES string of the molecule is CCOC(=O)COc1ccc(/C=C(\C#N)C(=O)Nc2ccccc2Cl)cc1. The van der Waals surface area contributed by atoms with E-state index < -0.39 is 11.9 Å². The van der Waals surface area contributed by atoms with Crippen LogP contribution in [0.2, 0.25) is 5.02 Å². The average molecular weight is 385 g/mol. The zero-order valence-corrected chi connectivity index (χ0v) is 15.3. The Morgan fingerprint density at radius 3 is 2.52 bits per heavy atom. The second-order valence-corrected chi connectivity index (χ2v) is 5.67. The maximum Gasteiger partial charge on any atom is 0.344 e. The Morgan fingerprint density at radius 2 is 1.89 bits per heavy atom. The predicted molar refractivity (Wildman–Crippen MR) is 102 cm³/mol. The van der Waals surface area contributed by atoms with Crippen molar-refractivity contribution < 1.29 is 19.1 Å². The maximum absolute atomic E-state index is 12.3. The molecule has 0 saturated carbocycles. The molecule has 0 saturated heterocycles. The van der Waals surface area contributed by atoms with Crippen molar-refractivity contribution in [2.75, 3.05) is 18.5 Å². The molecule has 2 aromatic rings. The van der Waals surface area contributed by atoms with Gasteiger partial charge in [0.05, 0.1) is 17.3 Å². The van der Waals surface area contributed by atoms with Gasteiger partial charge < -0.3 is 14.8 Å². The number of para-hydroxylation sites is 1. The van der Waals surface area contributed by atoms with Gasteiger partial charge in [0.2, 0.25) is 0 Å². The molecule has 0 heterocycles. The van der Waals surface area contributed by atoms with Crippen molar-refractivity contribution in [3.8, 4) is 11.8 Å². The predicted octanol–water partition coefficient (Wildman–Crippen LogP) is 3.83. The van der Waals surface area contributed by atoms with Crippen LogP contribution in [0.3, 0.4) is 0 Å². The van der Waals surface area contributed by atoms with E-state index in [0.717, 1.165) is 0 Å². The molecule has 0 aliphatic heterocycles. The van der Waals surface area contributed by atoms with Crippen LogP contribution in [0, 0.1) is 11.3 Å². The molecule has 0 aliphatic rings. The Kier molecular flexibility index (Phi) is 7.41. The number of nitrogens with zero attached hydrogens (tertiary/aromatic N) is 1. The van der Waals surface area contributed by atoms with Crippen LogP contribution in [0.25, 0.3) is 6.08 Å². The van der Waals surface area contributed by atoms with E-state index in [1.165, 1.54) is 6.08 Å². The first-order chi connectivity index (χ1) is 13.0. The molecule has 0 bridgehead atoms. The Labute approximate surface area is 162 Å². The standard InChI is InChI=1S/C20H17ClN2O4/c1-2-26-19(24)13-27-16-9-7-14(8-10-16)11-15(12-22)20(25)23-18-6-4-3-5-17(18)21/h3-11H,2,13H2,1H3,(H,23,25)/b15-11+. The smallest absolute Gasteiger partial charge is 0.344 e. The largest absolute Gasteiger partial charge is 0.482 e. The molecule has 0 radical (unpaired) electrons. The summed E-state index contributed by atoms with van der Waals surface area (Å²) in [5.74, 6) is -0.544. The summed E-state index contributed by atoms with van der Waals surface area (Å²) in [6.45, 7) is 1.82. The maximum atomic E-state index is 12.3. The molecule has 0 aliphatic carbocycles. The summed E-state index contributed by atoms with van der Waals surface area (Å²) in [5, 5.41) is 12.2. The van der Waals surface area contributed by atoms with E-state index >= 15 is 0 Å². The number of hydrogen-bond acceptors (Lipinski definition) is 5. The molecule has 0 aromatic heterocycles. The van der Waals surface area contributed by atoms with Gasteiger partial charge in [-0.05, 0) is 42.8 Å². The highest BCUT2D eigenvalue weighted by molar-refractivity contribution is 6.34. The molecule has 1 N–H and O–H groups in total. The lowest BCUT2D eigenvalue weighted by Crippen LogP contribution is -2.14. The van der Waals surface area contributed by atoms with Crippen LogP contribution >= 0.6 is 11.6 Å². The van der Waals surface area contributed by atoms with Crippen molar-refractivity contribution in [3.63, 3.8) is 0 Å². The van der Waals surface area contributed by atoms with Crippen molar-refractivity contribution in [1.82, 2.24) is 0 Å². The van der Waals surface area contributed by atoms with Crippen molar-refractivity contribution in [2.24, 2.45) is 0 Å². The Hall–Kier alpha value is -3.30. The number of anilines is 1. The van der Waals surface area contributed by atoms with Crippen molar-refractivity contribution in [2.45, 2.75) is 6.92 Å². The molecule has 1 amide bonds. The van der Waals surface area contributed by atoms with Gasteiger partial charge in [0.25, 0.3) is 5.91 Å². The van der Waals surface area contributed by atoms with Gasteiger partial charge in [-0.15, -0.1) is 0 Å². The van der Waals surface area contributed by atoms with Crippen molar-refractivity contribution >= 4 is 35.2 Å². The van der Waals surface area contributed by atoms with Crippen LogP contribution in [-0.4, -0.2) is 25.1 Å². The third-order valence-electron chi connectivity index (χ3n) is 3.34. The van der Waals surface area contributed by atoms with Crippen molar-refractivity contribution in [1.29, 1.82) is 5.26 Å². The van der Waals surface area contributed by atoms with Gasteiger partial charge >= 0.3 is 5.97 Å². The van der Waals surface area contributed by atoms with Crippen LogP contribution in [0.5, 0.6) is 5.75 Å². The lowest BCUT2D eigenvalue weighted by Gasteiger charge is -2.07. The summed E-state index contributed by atoms with van der Waals surface area (Å²) >= 11 is 6.00. The lowest BCUT2D eigenvalue weighted by molar-refractivity contribution is -0.145. The minimum atomic E-state index is -0.562. The van der Waals surface area contributed by atoms with Crippen LogP contribution < -0.4 is 10.1 Å². The molecule has 2 aromatic carbocycles. The molecule has 0 fully saturated rings. The number of esters is 1. The normalized spacial score (nSPS) is 10.6. The van der Waals surface area contributed by atoms with Gasteiger partial charge in [-0.25, -0.2) is 4.79 Å². The third-order valence-corrected chi connectivity index (χ3v) is 3.67. The number of ether oxygens (including phenoxy) is 2. The zero-order valence-electron chi connectivity index (χ0n) is 14.6. The summed E-state index contributed by atoms with van der Waals surface area (Å²) in [6, 6.07) is 15.2. The van der Waals surface area contributed by atoms with Gasteiger partial charge in [0.1, 0.15) is 17.4 Å². The average Bonchev–Trinajstić information content (AvgIpc) is 2.67. The van der Waals surface area contributed by atoms with Gasteiger partial charge in [0, 0.05) is 0 Å². The Bertz CT molecular complexity index is 886. The van der Waals surface area contributed by atoms with Crippen LogP contribution in [0.4, 0.5) is 5.69 Å². The second-order valence-electron chi connectivity index (χ2n) is 5.27. The highest BCUT2D eigenvalue weighted by Gasteiger charge is 2.11. The third kappa shape index (κ3) is 6.17. The van der Waals surface area contributed by atoms with Gasteiger partial charge in [-0.2, -0.15) is 5.26 Å². The Morgan fingerprint density at radius 1 is 1.19 bits per heavy atom. The van der Waals surface area contributed by atoms with E-state index in [9.17, 15) is 14.9 Å². The number of amides is 1. The Balaban J connectivity index is 2.04. The van der Waals surface area contributed by atoms with Gasteiger partial charge in [0.15, 0.2) is 6.61 Å². The number of rotatable bonds is 7. The molecule has 7 heteroatoms. The van der Waals surface area contributed by atoms with E-state index in [0.29, 0.717) is 28.6 Å². The molecule has 138 valence electrons. The van der Waals surface area contributed by atoms with E-state index in [1.54, 1.807) is 55.5 Å². The quantitative estimate of drug-likeness (QED) is 0.445. The number of hydrogen-bond donors (Lipinski definition) is 1. The molecule has 2 rings (SSSR count). The summed E-state index contributed by atoms with van der Waals surface area (Å²) in [7, 11) is 0. The highest BCUT2D eigenvalue weighted by atomic mass is 35.5. The van der Waals surface area contributed by atoms with Crippen LogP contribution in [-0.2, 0) is 14.3 Å². The number of carbonyl (C=O) groups is 2. The van der Waals surface area contributed by atoms with Gasteiger partial charge in [-0.3, -0.25) is 4.79 Å². The number of carbonyl (C=O) groups excluding carboxylic acids is 2. The first-order valence-electron chi connectivity index (χ1n) is 8.09. The number of halogens is 1. The summed E-state index contributed by atoms with van der Waals surface area (Å²) < 4.78 is 10.1. The monoisotopic (exact) mass is 384 g/mol. The van der Waals surface area contributed by atoms with Crippen molar-refractivity contribution in [3.05, 3.63) is 64.7 Å². The molecule has 6 nitrogen and oxygen atoms in total. The van der Waals surface area contributed by atoms with Crippen LogP contribution in [0.15, 0.2) is 54.1 Å². The van der Waals surface area contributed by atoms with Crippen LogP contribution in [0.1, 0.15) is 12.5 Å². The summed E-state index contributed by atoms with van der Waals surface area (Å²) in [4.78, 5) is 23.5. The van der Waals surface area contributed by atoms with E-state index in [1.807, 2.05) is 6.07 Å². The van der Waals surface area contributed by atoms with E-state index in [4.69, 9.17) is 21.1 Å². The molecule has 0 atom stereocenters. The fourth-order valence-corrected chi connectivity index (χ4v) is 2.26. The molecule has 0 spiro atoms. The number of nitrogens with one attached hydrogen (secondary N) is 1. The molecule has 27 heavy (non-hydrogen) atoms. The zero-order chi connectivity index (χ0) is 19.6. The topological polar surface area (TPSA) is 88.4 Å². The molecular weight excluding hydrogens is 368 g/mol. The second kappa shape index (κ2) is 10.00. The first kappa shape index (κ1) is 20.0. The number of benzene rings is 2.